The molecule has 0 spiro atoms. The van der Waals surface area contributed by atoms with Gasteiger partial charge in [0.2, 0.25) is 0 Å². The van der Waals surface area contributed by atoms with Crippen molar-refractivity contribution in [3.8, 4) is 5.75 Å². The van der Waals surface area contributed by atoms with Crippen molar-refractivity contribution in [2.24, 2.45) is 4.99 Å². The van der Waals surface area contributed by atoms with Crippen LogP contribution in [0.4, 0.5) is 0 Å². The molecule has 1 unspecified atom stereocenters. The Morgan fingerprint density at radius 1 is 1.09 bits per heavy atom. The molecule has 1 aromatic carbocycles. The largest absolute Gasteiger partial charge is 0.497 e. The summed E-state index contributed by atoms with van der Waals surface area (Å²) in [6.07, 6.45) is 4.18. The van der Waals surface area contributed by atoms with Crippen LogP contribution >= 0.6 is 24.0 Å². The van der Waals surface area contributed by atoms with E-state index in [0.29, 0.717) is 6.04 Å². The zero-order chi connectivity index (χ0) is 22.2. The van der Waals surface area contributed by atoms with Crippen molar-refractivity contribution < 1.29 is 9.26 Å². The van der Waals surface area contributed by atoms with Crippen LogP contribution in [0.15, 0.2) is 46.1 Å². The third-order valence-electron chi connectivity index (χ3n) is 6.38. The molecule has 3 heterocycles. The first kappa shape index (κ1) is 25.8. The van der Waals surface area contributed by atoms with Gasteiger partial charge in [-0.1, -0.05) is 17.3 Å². The van der Waals surface area contributed by atoms with Gasteiger partial charge in [0.1, 0.15) is 12.0 Å². The van der Waals surface area contributed by atoms with Crippen molar-refractivity contribution in [3.63, 3.8) is 0 Å². The molecule has 0 saturated carbocycles. The number of nitrogens with zero attached hydrogens (tertiary/aromatic N) is 5. The Kier molecular flexibility index (Phi) is 10.3. The highest BCUT2D eigenvalue weighted by Gasteiger charge is 2.25. The molecule has 8 nitrogen and oxygen atoms in total. The highest BCUT2D eigenvalue weighted by atomic mass is 127. The monoisotopic (exact) mass is 568 g/mol. The fourth-order valence-corrected chi connectivity index (χ4v) is 4.58. The maximum atomic E-state index is 5.35. The van der Waals surface area contributed by atoms with Crippen LogP contribution in [-0.4, -0.2) is 85.3 Å². The minimum Gasteiger partial charge on any atom is -0.497 e. The first-order valence-corrected chi connectivity index (χ1v) is 11.8. The second-order valence-electron chi connectivity index (χ2n) is 8.48. The standard InChI is InChI=1S/C24H36N6O2.HI/c1-3-25-24(30-15-13-28(14-16-30)19-21-10-17-32-27-21)26-18-23(29-11-4-5-12-29)20-6-8-22(31-2)9-7-20;/h6-10,17,23H,3-5,11-16,18-19H2,1-2H3,(H,25,26);1H. The van der Waals surface area contributed by atoms with Gasteiger partial charge in [0.05, 0.1) is 25.4 Å². The molecule has 33 heavy (non-hydrogen) atoms. The summed E-state index contributed by atoms with van der Waals surface area (Å²) in [6.45, 7) is 10.8. The van der Waals surface area contributed by atoms with Crippen LogP contribution in [0.3, 0.4) is 0 Å². The summed E-state index contributed by atoms with van der Waals surface area (Å²) in [5.41, 5.74) is 2.30. The fraction of sp³-hybridized carbons (Fsp3) is 0.583. The van der Waals surface area contributed by atoms with E-state index in [1.165, 1.54) is 18.4 Å². The summed E-state index contributed by atoms with van der Waals surface area (Å²) in [5.74, 6) is 1.92. The van der Waals surface area contributed by atoms with Gasteiger partial charge in [0, 0.05) is 45.3 Å². The van der Waals surface area contributed by atoms with E-state index in [1.807, 2.05) is 6.07 Å². The Morgan fingerprint density at radius 2 is 1.82 bits per heavy atom. The van der Waals surface area contributed by atoms with Crippen molar-refractivity contribution in [2.75, 3.05) is 59.5 Å². The molecular weight excluding hydrogens is 531 g/mol. The van der Waals surface area contributed by atoms with E-state index in [4.69, 9.17) is 14.3 Å². The number of piperazine rings is 1. The van der Waals surface area contributed by atoms with Gasteiger partial charge in [-0.2, -0.15) is 0 Å². The lowest BCUT2D eigenvalue weighted by Crippen LogP contribution is -2.52. The second-order valence-corrected chi connectivity index (χ2v) is 8.48. The first-order valence-electron chi connectivity index (χ1n) is 11.8. The maximum absolute atomic E-state index is 5.35. The molecule has 0 amide bonds. The Labute approximate surface area is 214 Å². The number of halogens is 1. The lowest BCUT2D eigenvalue weighted by molar-refractivity contribution is 0.168. The van der Waals surface area contributed by atoms with Crippen molar-refractivity contribution in [2.45, 2.75) is 32.4 Å². The third-order valence-corrected chi connectivity index (χ3v) is 6.38. The molecule has 0 aliphatic carbocycles. The highest BCUT2D eigenvalue weighted by Crippen LogP contribution is 2.27. The summed E-state index contributed by atoms with van der Waals surface area (Å²) in [4.78, 5) is 12.5. The van der Waals surface area contributed by atoms with Gasteiger partial charge >= 0.3 is 0 Å². The van der Waals surface area contributed by atoms with Gasteiger partial charge < -0.3 is 19.5 Å². The molecule has 2 fully saturated rings. The van der Waals surface area contributed by atoms with E-state index in [1.54, 1.807) is 13.4 Å². The van der Waals surface area contributed by atoms with Crippen LogP contribution in [-0.2, 0) is 6.54 Å². The molecule has 182 valence electrons. The van der Waals surface area contributed by atoms with Gasteiger partial charge in [-0.15, -0.1) is 24.0 Å². The molecule has 2 saturated heterocycles. The number of rotatable bonds is 8. The number of aromatic nitrogens is 1. The quantitative estimate of drug-likeness (QED) is 0.298. The van der Waals surface area contributed by atoms with Gasteiger partial charge in [-0.05, 0) is 50.6 Å². The highest BCUT2D eigenvalue weighted by molar-refractivity contribution is 14.0. The predicted octanol–water partition coefficient (Wildman–Crippen LogP) is 3.22. The molecule has 4 rings (SSSR count). The van der Waals surface area contributed by atoms with Gasteiger partial charge in [-0.25, -0.2) is 0 Å². The fourth-order valence-electron chi connectivity index (χ4n) is 4.58. The Bertz CT molecular complexity index is 831. The number of benzene rings is 1. The van der Waals surface area contributed by atoms with Crippen molar-refractivity contribution in [1.82, 2.24) is 25.2 Å². The molecule has 1 aromatic heterocycles. The number of aliphatic imine (C=N–C) groups is 1. The topological polar surface area (TPSA) is 69.4 Å². The number of ether oxygens (including phenoxy) is 1. The summed E-state index contributed by atoms with van der Waals surface area (Å²) < 4.78 is 10.3. The van der Waals surface area contributed by atoms with Crippen molar-refractivity contribution >= 4 is 29.9 Å². The normalized spacial score (nSPS) is 18.7. The van der Waals surface area contributed by atoms with E-state index in [9.17, 15) is 0 Å². The number of hydrogen-bond acceptors (Lipinski definition) is 6. The van der Waals surface area contributed by atoms with E-state index in [0.717, 1.165) is 76.3 Å². The Balaban J connectivity index is 0.00000306. The van der Waals surface area contributed by atoms with Gasteiger partial charge in [0.25, 0.3) is 0 Å². The van der Waals surface area contributed by atoms with E-state index < -0.39 is 0 Å². The Hall–Kier alpha value is -1.85. The molecule has 2 aliphatic rings. The SMILES string of the molecule is CCNC(=NCC(c1ccc(OC)cc1)N1CCCC1)N1CCN(Cc2ccon2)CC1.I. The van der Waals surface area contributed by atoms with Crippen molar-refractivity contribution in [3.05, 3.63) is 47.9 Å². The predicted molar refractivity (Wildman–Crippen MR) is 141 cm³/mol. The van der Waals surface area contributed by atoms with E-state index in [-0.39, 0.29) is 24.0 Å². The van der Waals surface area contributed by atoms with E-state index >= 15 is 0 Å². The minimum absolute atomic E-state index is 0. The average Bonchev–Trinajstić information content (AvgIpc) is 3.54. The molecular formula is C24H37IN6O2. The van der Waals surface area contributed by atoms with Gasteiger partial charge in [0.15, 0.2) is 5.96 Å². The van der Waals surface area contributed by atoms with Crippen LogP contribution in [0.1, 0.15) is 37.1 Å². The molecule has 9 heteroatoms. The number of guanidine groups is 1. The summed E-state index contributed by atoms with van der Waals surface area (Å²) in [6, 6.07) is 10.7. The molecule has 2 aliphatic heterocycles. The number of methoxy groups -OCH3 is 1. The first-order chi connectivity index (χ1) is 15.8. The van der Waals surface area contributed by atoms with Crippen LogP contribution in [0.5, 0.6) is 5.75 Å². The minimum atomic E-state index is 0. The summed E-state index contributed by atoms with van der Waals surface area (Å²) >= 11 is 0. The zero-order valence-electron chi connectivity index (χ0n) is 19.8. The van der Waals surface area contributed by atoms with Crippen molar-refractivity contribution in [1.29, 1.82) is 0 Å². The number of likely N-dealkylation sites (tertiary alicyclic amines) is 1. The summed E-state index contributed by atoms with van der Waals surface area (Å²) in [5, 5.41) is 7.56. The van der Waals surface area contributed by atoms with Crippen LogP contribution in [0.2, 0.25) is 0 Å². The molecule has 1 N–H and O–H groups in total. The van der Waals surface area contributed by atoms with E-state index in [2.05, 4.69) is 56.4 Å². The molecule has 0 bridgehead atoms. The number of nitrogens with one attached hydrogen (secondary N) is 1. The molecule has 0 radical (unpaired) electrons. The lowest BCUT2D eigenvalue weighted by atomic mass is 10.1. The van der Waals surface area contributed by atoms with Crippen LogP contribution in [0.25, 0.3) is 0 Å². The van der Waals surface area contributed by atoms with Crippen LogP contribution in [0, 0.1) is 0 Å². The Morgan fingerprint density at radius 3 is 2.42 bits per heavy atom. The average molecular weight is 569 g/mol. The zero-order valence-corrected chi connectivity index (χ0v) is 22.1. The lowest BCUT2D eigenvalue weighted by Gasteiger charge is -2.36. The smallest absolute Gasteiger partial charge is 0.194 e. The molecule has 1 atom stereocenters. The second kappa shape index (κ2) is 13.1. The third kappa shape index (κ3) is 7.07. The van der Waals surface area contributed by atoms with Gasteiger partial charge in [-0.3, -0.25) is 14.8 Å². The maximum Gasteiger partial charge on any atom is 0.194 e. The van der Waals surface area contributed by atoms with Crippen LogP contribution < -0.4 is 10.1 Å². The molecule has 2 aromatic rings. The number of hydrogen-bond donors (Lipinski definition) is 1. The summed E-state index contributed by atoms with van der Waals surface area (Å²) in [7, 11) is 1.71.